The molecule has 2 aromatic rings. The zero-order chi connectivity index (χ0) is 20.9. The van der Waals surface area contributed by atoms with Gasteiger partial charge in [0.25, 0.3) is 0 Å². The maximum Gasteiger partial charge on any atom is 0.316 e. The van der Waals surface area contributed by atoms with Gasteiger partial charge in [0.05, 0.1) is 18.3 Å². The van der Waals surface area contributed by atoms with Gasteiger partial charge in [0, 0.05) is 28.9 Å². The van der Waals surface area contributed by atoms with Crippen molar-refractivity contribution in [2.75, 3.05) is 26.0 Å². The van der Waals surface area contributed by atoms with Crippen LogP contribution in [-0.2, 0) is 25.5 Å². The Morgan fingerprint density at radius 1 is 1.10 bits per heavy atom. The van der Waals surface area contributed by atoms with Crippen LogP contribution in [0, 0.1) is 0 Å². The first-order valence-electron chi connectivity index (χ1n) is 9.39. The third-order valence-corrected chi connectivity index (χ3v) is 6.92. The molecule has 0 aromatic heterocycles. The van der Waals surface area contributed by atoms with Crippen LogP contribution >= 0.6 is 35.0 Å². The van der Waals surface area contributed by atoms with Crippen molar-refractivity contribution in [1.29, 1.82) is 0 Å². The normalized spacial score (nSPS) is 15.8. The van der Waals surface area contributed by atoms with Gasteiger partial charge in [-0.15, -0.1) is 11.8 Å². The van der Waals surface area contributed by atoms with Gasteiger partial charge in [-0.2, -0.15) is 0 Å². The van der Waals surface area contributed by atoms with Crippen LogP contribution in [0.25, 0.3) is 0 Å². The number of rotatable bonds is 6. The highest BCUT2D eigenvalue weighted by Gasteiger charge is 2.44. The van der Waals surface area contributed by atoms with Crippen LogP contribution in [0.3, 0.4) is 0 Å². The fraction of sp³-hybridized carbons (Fsp3) is 0.364. The van der Waals surface area contributed by atoms with Crippen molar-refractivity contribution in [3.63, 3.8) is 0 Å². The van der Waals surface area contributed by atoms with Crippen molar-refractivity contribution in [3.8, 4) is 0 Å². The van der Waals surface area contributed by atoms with Crippen LogP contribution in [-0.4, -0.2) is 42.7 Å². The number of amides is 1. The second-order valence-corrected chi connectivity index (χ2v) is 8.88. The molecule has 2 aromatic carbocycles. The Labute approximate surface area is 185 Å². The second kappa shape index (κ2) is 9.88. The highest BCUT2D eigenvalue weighted by atomic mass is 35.5. The lowest BCUT2D eigenvalue weighted by Crippen LogP contribution is -2.49. The molecule has 0 radical (unpaired) electrons. The van der Waals surface area contributed by atoms with Crippen LogP contribution in [0.1, 0.15) is 24.0 Å². The van der Waals surface area contributed by atoms with Crippen LogP contribution in [0.15, 0.2) is 48.5 Å². The molecule has 29 heavy (non-hydrogen) atoms. The summed E-state index contributed by atoms with van der Waals surface area (Å²) in [5, 5.41) is 1.21. The average molecular weight is 452 g/mol. The predicted octanol–water partition coefficient (Wildman–Crippen LogP) is 4.96. The number of nitrogens with zero attached hydrogens (tertiary/aromatic N) is 1. The average Bonchev–Trinajstić information content (AvgIpc) is 2.75. The van der Waals surface area contributed by atoms with E-state index >= 15 is 0 Å². The standard InChI is InChI=1S/C22H23Cl2NO3S/c1-28-21(27)22(17-5-3-2-4-6-17)9-11-25(12-10-22)20(26)15-29-14-16-7-8-18(23)13-19(16)24/h2-8,13H,9-12,14-15H2,1H3. The number of piperidine rings is 1. The van der Waals surface area contributed by atoms with Gasteiger partial charge in [-0.3, -0.25) is 9.59 Å². The predicted molar refractivity (Wildman–Crippen MR) is 119 cm³/mol. The molecule has 3 rings (SSSR count). The zero-order valence-electron chi connectivity index (χ0n) is 16.2. The molecule has 1 heterocycles. The Kier molecular flexibility index (Phi) is 7.49. The van der Waals surface area contributed by atoms with E-state index in [-0.39, 0.29) is 11.9 Å². The van der Waals surface area contributed by atoms with E-state index in [1.165, 1.54) is 18.9 Å². The third-order valence-electron chi connectivity index (χ3n) is 5.37. The van der Waals surface area contributed by atoms with Gasteiger partial charge < -0.3 is 9.64 Å². The first-order chi connectivity index (χ1) is 14.0. The summed E-state index contributed by atoms with van der Waals surface area (Å²) in [6.45, 7) is 1.07. The zero-order valence-corrected chi connectivity index (χ0v) is 18.5. The van der Waals surface area contributed by atoms with Crippen molar-refractivity contribution in [2.45, 2.75) is 24.0 Å². The number of thioether (sulfide) groups is 1. The summed E-state index contributed by atoms with van der Waals surface area (Å²) in [7, 11) is 1.42. The smallest absolute Gasteiger partial charge is 0.316 e. The first kappa shape index (κ1) is 22.0. The van der Waals surface area contributed by atoms with Gasteiger partial charge in [-0.05, 0) is 36.1 Å². The molecule has 1 amide bonds. The molecule has 0 aliphatic carbocycles. The van der Waals surface area contributed by atoms with Crippen LogP contribution in [0.2, 0.25) is 10.0 Å². The summed E-state index contributed by atoms with van der Waals surface area (Å²) in [5.41, 5.74) is 1.23. The Morgan fingerprint density at radius 2 is 1.79 bits per heavy atom. The summed E-state index contributed by atoms with van der Waals surface area (Å²) in [4.78, 5) is 27.1. The summed E-state index contributed by atoms with van der Waals surface area (Å²) >= 11 is 13.6. The van der Waals surface area contributed by atoms with E-state index < -0.39 is 5.41 Å². The van der Waals surface area contributed by atoms with E-state index in [4.69, 9.17) is 27.9 Å². The minimum absolute atomic E-state index is 0.0756. The fourth-order valence-electron chi connectivity index (χ4n) is 3.68. The fourth-order valence-corrected chi connectivity index (χ4v) is 5.16. The number of benzene rings is 2. The van der Waals surface area contributed by atoms with E-state index in [9.17, 15) is 9.59 Å². The van der Waals surface area contributed by atoms with E-state index in [1.54, 1.807) is 12.1 Å². The molecule has 0 saturated carbocycles. The van der Waals surface area contributed by atoms with Gasteiger partial charge in [-0.1, -0.05) is 59.6 Å². The van der Waals surface area contributed by atoms with Crippen molar-refractivity contribution in [1.82, 2.24) is 4.90 Å². The quantitative estimate of drug-likeness (QED) is 0.582. The van der Waals surface area contributed by atoms with Gasteiger partial charge in [-0.25, -0.2) is 0 Å². The maximum absolute atomic E-state index is 12.6. The summed E-state index contributed by atoms with van der Waals surface area (Å²) < 4.78 is 5.11. The number of esters is 1. The lowest BCUT2D eigenvalue weighted by atomic mass is 9.72. The lowest BCUT2D eigenvalue weighted by Gasteiger charge is -2.40. The van der Waals surface area contributed by atoms with E-state index in [2.05, 4.69) is 0 Å². The molecule has 154 valence electrons. The molecule has 0 spiro atoms. The molecule has 1 fully saturated rings. The topological polar surface area (TPSA) is 46.6 Å². The highest BCUT2D eigenvalue weighted by Crippen LogP contribution is 2.37. The van der Waals surface area contributed by atoms with Gasteiger partial charge in [0.1, 0.15) is 0 Å². The minimum Gasteiger partial charge on any atom is -0.468 e. The van der Waals surface area contributed by atoms with E-state index in [0.717, 1.165) is 11.1 Å². The molecule has 1 aliphatic heterocycles. The summed E-state index contributed by atoms with van der Waals surface area (Å²) in [6, 6.07) is 15.1. The Balaban J connectivity index is 1.57. The Hall–Kier alpha value is -1.69. The number of methoxy groups -OCH3 is 1. The molecule has 1 aliphatic rings. The lowest BCUT2D eigenvalue weighted by molar-refractivity contribution is -0.151. The second-order valence-electron chi connectivity index (χ2n) is 7.05. The van der Waals surface area contributed by atoms with Gasteiger partial charge in [0.15, 0.2) is 0 Å². The molecule has 0 atom stereocenters. The number of likely N-dealkylation sites (tertiary alicyclic amines) is 1. The van der Waals surface area contributed by atoms with Crippen LogP contribution < -0.4 is 0 Å². The van der Waals surface area contributed by atoms with E-state index in [0.29, 0.717) is 47.5 Å². The maximum atomic E-state index is 12.6. The monoisotopic (exact) mass is 451 g/mol. The number of carbonyl (C=O) groups is 2. The Bertz CT molecular complexity index is 868. The first-order valence-corrected chi connectivity index (χ1v) is 11.3. The molecule has 7 heteroatoms. The molecular formula is C22H23Cl2NO3S. The molecule has 0 N–H and O–H groups in total. The number of hydrogen-bond donors (Lipinski definition) is 0. The molecule has 4 nitrogen and oxygen atoms in total. The van der Waals surface area contributed by atoms with Crippen molar-refractivity contribution in [3.05, 3.63) is 69.7 Å². The minimum atomic E-state index is -0.684. The summed E-state index contributed by atoms with van der Waals surface area (Å²) in [6.07, 6.45) is 1.12. The molecule has 1 saturated heterocycles. The van der Waals surface area contributed by atoms with E-state index in [1.807, 2.05) is 41.3 Å². The highest BCUT2D eigenvalue weighted by molar-refractivity contribution is 7.99. The van der Waals surface area contributed by atoms with Crippen LogP contribution in [0.5, 0.6) is 0 Å². The number of ether oxygens (including phenoxy) is 1. The summed E-state index contributed by atoms with van der Waals surface area (Å²) in [5.74, 6) is 0.857. The number of carbonyl (C=O) groups excluding carboxylic acids is 2. The number of hydrogen-bond acceptors (Lipinski definition) is 4. The van der Waals surface area contributed by atoms with Crippen molar-refractivity contribution < 1.29 is 14.3 Å². The molecular weight excluding hydrogens is 429 g/mol. The molecule has 0 unspecified atom stereocenters. The van der Waals surface area contributed by atoms with Gasteiger partial charge in [0.2, 0.25) is 5.91 Å². The third kappa shape index (κ3) is 5.08. The SMILES string of the molecule is COC(=O)C1(c2ccccc2)CCN(C(=O)CSCc2ccc(Cl)cc2Cl)CC1. The largest absolute Gasteiger partial charge is 0.468 e. The molecule has 0 bridgehead atoms. The van der Waals surface area contributed by atoms with Crippen molar-refractivity contribution >= 4 is 46.8 Å². The van der Waals surface area contributed by atoms with Crippen molar-refractivity contribution in [2.24, 2.45) is 0 Å². The van der Waals surface area contributed by atoms with Crippen LogP contribution in [0.4, 0.5) is 0 Å². The Morgan fingerprint density at radius 3 is 2.41 bits per heavy atom. The number of halogens is 2. The van der Waals surface area contributed by atoms with Gasteiger partial charge >= 0.3 is 5.97 Å².